The van der Waals surface area contributed by atoms with Crippen LogP contribution in [0.5, 0.6) is 0 Å². The Kier molecular flexibility index (Phi) is 2.54. The highest BCUT2D eigenvalue weighted by atomic mass is 19.2. The lowest BCUT2D eigenvalue weighted by Crippen LogP contribution is -1.92. The molecule has 3 heteroatoms. The van der Waals surface area contributed by atoms with Crippen molar-refractivity contribution >= 4 is 0 Å². The Bertz CT molecular complexity index is 248. The highest BCUT2D eigenvalue weighted by molar-refractivity contribution is 5.16. The third-order valence-electron chi connectivity index (χ3n) is 1.28. The van der Waals surface area contributed by atoms with Crippen molar-refractivity contribution in [1.29, 1.82) is 0 Å². The quantitative estimate of drug-likeness (QED) is 0.459. The van der Waals surface area contributed by atoms with Gasteiger partial charge < -0.3 is 4.74 Å². The minimum Gasteiger partial charge on any atom is -0.578 e. The van der Waals surface area contributed by atoms with Crippen LogP contribution < -0.4 is 0 Å². The minimum atomic E-state index is -0.842. The molecule has 0 radical (unpaired) electrons. The van der Waals surface area contributed by atoms with E-state index < -0.39 is 11.6 Å². The third kappa shape index (κ3) is 1.98. The number of ether oxygens (including phenoxy) is 1. The van der Waals surface area contributed by atoms with Gasteiger partial charge in [0.2, 0.25) is 0 Å². The number of hydrogen-bond acceptors (Lipinski definition) is 0. The molecule has 0 fully saturated rings. The average Bonchev–Trinajstić information content (AvgIpc) is 1.98. The fourth-order valence-electron chi connectivity index (χ4n) is 0.767. The number of aliphatic hydroxyl groups is 2. The maximum Gasteiger partial charge on any atom is 0.159 e. The van der Waals surface area contributed by atoms with Gasteiger partial charge in [0.15, 0.2) is 11.6 Å². The van der Waals surface area contributed by atoms with Crippen molar-refractivity contribution in [3.8, 4) is 0 Å². The average molecular weight is 158 g/mol. The van der Waals surface area contributed by atoms with Crippen molar-refractivity contribution in [2.45, 2.75) is 6.61 Å². The molecule has 0 aliphatic heterocycles. The van der Waals surface area contributed by atoms with E-state index in [1.807, 2.05) is 0 Å². The zero-order valence-corrected chi connectivity index (χ0v) is 5.85. The first-order valence-corrected chi connectivity index (χ1v) is 3.10. The van der Waals surface area contributed by atoms with Crippen LogP contribution in [-0.2, 0) is 6.61 Å². The molecule has 0 aromatic heterocycles. The molecule has 0 spiro atoms. The smallest absolute Gasteiger partial charge is 0.159 e. The molecule has 0 unspecified atom stereocenters. The highest BCUT2D eigenvalue weighted by Crippen LogP contribution is 2.08. The van der Waals surface area contributed by atoms with Crippen LogP contribution in [0, 0.1) is 18.7 Å². The summed E-state index contributed by atoms with van der Waals surface area (Å²) in [6.45, 7) is 0.317. The van der Waals surface area contributed by atoms with Crippen molar-refractivity contribution in [2.75, 3.05) is 0 Å². The van der Waals surface area contributed by atoms with Crippen LogP contribution in [0.3, 0.4) is 0 Å². The van der Waals surface area contributed by atoms with Gasteiger partial charge in [-0.15, -0.1) is 0 Å². The van der Waals surface area contributed by atoms with E-state index in [9.17, 15) is 8.78 Å². The van der Waals surface area contributed by atoms with Gasteiger partial charge in [0, 0.05) is 5.56 Å². The molecule has 0 saturated carbocycles. The largest absolute Gasteiger partial charge is 0.578 e. The maximum atomic E-state index is 12.5. The van der Waals surface area contributed by atoms with Crippen molar-refractivity contribution in [3.05, 3.63) is 42.5 Å². The summed E-state index contributed by atoms with van der Waals surface area (Å²) in [7, 11) is 3.24. The van der Waals surface area contributed by atoms with Crippen LogP contribution in [0.4, 0.5) is 8.78 Å². The van der Waals surface area contributed by atoms with Gasteiger partial charge in [-0.3, -0.25) is 0 Å². The number of rotatable bonds is 2. The fourth-order valence-corrected chi connectivity index (χ4v) is 0.767. The Hall–Kier alpha value is -0.960. The van der Waals surface area contributed by atoms with E-state index in [4.69, 9.17) is 0 Å². The molecule has 0 aliphatic carbocycles. The number of hydrogen-bond donors (Lipinski definition) is 0. The van der Waals surface area contributed by atoms with Gasteiger partial charge in [0.25, 0.3) is 0 Å². The Labute approximate surface area is 63.6 Å². The molecule has 0 aliphatic rings. The lowest BCUT2D eigenvalue weighted by atomic mass is 10.2. The minimum absolute atomic E-state index is 0.317. The molecular formula is C8H8F2O. The molecule has 1 N–H and O–H groups in total. The molecule has 1 rings (SSSR count). The summed E-state index contributed by atoms with van der Waals surface area (Å²) in [5, 5.41) is 0. The molecule has 0 saturated heterocycles. The number of benzene rings is 1. The summed E-state index contributed by atoms with van der Waals surface area (Å²) in [6.07, 6.45) is 0. The molecule has 60 valence electrons. The Morgan fingerprint density at radius 2 is 2.00 bits per heavy atom. The Morgan fingerprint density at radius 3 is 2.55 bits per heavy atom. The first-order chi connectivity index (χ1) is 5.24. The SMILES string of the molecule is [CH2-][OH+]Cc1ccc(F)c(F)c1. The van der Waals surface area contributed by atoms with Gasteiger partial charge in [0.05, 0.1) is 0 Å². The van der Waals surface area contributed by atoms with E-state index in [0.29, 0.717) is 12.2 Å². The van der Waals surface area contributed by atoms with E-state index >= 15 is 0 Å². The summed E-state index contributed by atoms with van der Waals surface area (Å²) < 4.78 is 28.3. The van der Waals surface area contributed by atoms with Crippen LogP contribution in [0.2, 0.25) is 0 Å². The molecular weight excluding hydrogens is 150 g/mol. The van der Waals surface area contributed by atoms with Gasteiger partial charge in [-0.25, -0.2) is 8.78 Å². The van der Waals surface area contributed by atoms with E-state index in [1.54, 1.807) is 0 Å². The second-order valence-electron chi connectivity index (χ2n) is 2.13. The zero-order chi connectivity index (χ0) is 8.27. The summed E-state index contributed by atoms with van der Waals surface area (Å²) in [4.78, 5) is 0. The van der Waals surface area contributed by atoms with E-state index in [-0.39, 0.29) is 0 Å². The normalized spacial score (nSPS) is 10.1. The molecule has 0 bridgehead atoms. The van der Waals surface area contributed by atoms with Crippen LogP contribution in [0.25, 0.3) is 0 Å². The second-order valence-corrected chi connectivity index (χ2v) is 2.13. The lowest BCUT2D eigenvalue weighted by molar-refractivity contribution is 0.0398. The predicted molar refractivity (Wildman–Crippen MR) is 37.6 cm³/mol. The summed E-state index contributed by atoms with van der Waals surface area (Å²) in [5.74, 6) is -1.68. The fraction of sp³-hybridized carbons (Fsp3) is 0.125. The van der Waals surface area contributed by atoms with Crippen molar-refractivity contribution in [1.82, 2.24) is 0 Å². The van der Waals surface area contributed by atoms with Crippen LogP contribution in [0.15, 0.2) is 18.2 Å². The van der Waals surface area contributed by atoms with Crippen molar-refractivity contribution in [3.63, 3.8) is 0 Å². The molecule has 0 heterocycles. The number of halogens is 2. The van der Waals surface area contributed by atoms with Crippen LogP contribution in [0.1, 0.15) is 5.56 Å². The monoisotopic (exact) mass is 158 g/mol. The zero-order valence-electron chi connectivity index (χ0n) is 5.85. The Balaban J connectivity index is 2.86. The van der Waals surface area contributed by atoms with Crippen LogP contribution >= 0.6 is 0 Å². The van der Waals surface area contributed by atoms with Gasteiger partial charge in [0.1, 0.15) is 6.61 Å². The van der Waals surface area contributed by atoms with Crippen LogP contribution in [-0.4, -0.2) is 4.74 Å². The summed E-state index contributed by atoms with van der Waals surface area (Å²) in [5.41, 5.74) is 0.624. The Morgan fingerprint density at radius 1 is 1.27 bits per heavy atom. The van der Waals surface area contributed by atoms with Crippen molar-refractivity contribution in [2.24, 2.45) is 0 Å². The molecule has 11 heavy (non-hydrogen) atoms. The topological polar surface area (TPSA) is 12.8 Å². The van der Waals surface area contributed by atoms with Gasteiger partial charge in [-0.2, -0.15) is 0 Å². The third-order valence-corrected chi connectivity index (χ3v) is 1.28. The van der Waals surface area contributed by atoms with Crippen molar-refractivity contribution < 1.29 is 13.5 Å². The second kappa shape index (κ2) is 3.44. The lowest BCUT2D eigenvalue weighted by Gasteiger charge is -2.00. The standard InChI is InChI=1S/C8H8F2O/c1-11-5-6-2-3-7(9)8(10)4-6/h2-4,11H,1,5H2. The highest BCUT2D eigenvalue weighted by Gasteiger charge is 2.01. The molecule has 1 nitrogen and oxygen atoms in total. The van der Waals surface area contributed by atoms with Gasteiger partial charge in [-0.05, 0) is 18.2 Å². The maximum absolute atomic E-state index is 12.5. The molecule has 0 atom stereocenters. The van der Waals surface area contributed by atoms with Gasteiger partial charge >= 0.3 is 0 Å². The summed E-state index contributed by atoms with van der Waals surface area (Å²) >= 11 is 0. The first kappa shape index (κ1) is 8.14. The predicted octanol–water partition coefficient (Wildman–Crippen LogP) is 1.78. The molecule has 1 aromatic carbocycles. The molecule has 1 aromatic rings. The molecule has 0 amide bonds. The van der Waals surface area contributed by atoms with E-state index in [0.717, 1.165) is 12.1 Å². The van der Waals surface area contributed by atoms with E-state index in [2.05, 4.69) is 11.8 Å². The summed E-state index contributed by atoms with van der Waals surface area (Å²) in [6, 6.07) is 3.67. The first-order valence-electron chi connectivity index (χ1n) is 3.10. The van der Waals surface area contributed by atoms with Gasteiger partial charge in [-0.1, -0.05) is 7.11 Å². The van der Waals surface area contributed by atoms with E-state index in [1.165, 1.54) is 6.07 Å².